The van der Waals surface area contributed by atoms with Gasteiger partial charge in [-0.3, -0.25) is 27.7 Å². The largest absolute Gasteiger partial charge is 0.472 e. The molecule has 1 aliphatic carbocycles. The van der Waals surface area contributed by atoms with Gasteiger partial charge in [-0.1, -0.05) is 154 Å². The van der Waals surface area contributed by atoms with E-state index in [1.165, 1.54) is 77.0 Å². The molecule has 0 heterocycles. The normalized spacial score (nSPS) is 21.9. The second kappa shape index (κ2) is 35.9. The topological polar surface area (TPSA) is 303 Å². The Bertz CT molecular complexity index is 1420. The van der Waals surface area contributed by atoms with Crippen molar-refractivity contribution in [3.05, 3.63) is 12.2 Å². The van der Waals surface area contributed by atoms with Crippen LogP contribution in [0.5, 0.6) is 0 Å². The number of esters is 2. The van der Waals surface area contributed by atoms with Gasteiger partial charge in [-0.05, 0) is 38.5 Å². The molecule has 0 aromatic heterocycles. The number of rotatable bonds is 41. The van der Waals surface area contributed by atoms with Crippen molar-refractivity contribution < 1.29 is 90.6 Å². The summed E-state index contributed by atoms with van der Waals surface area (Å²) in [6.45, 7) is 2.93. The molecule has 22 heteroatoms. The number of hydrogen-bond acceptors (Lipinski definition) is 14. The third-order valence-electron chi connectivity index (χ3n) is 11.1. The summed E-state index contributed by atoms with van der Waals surface area (Å²) in [5.41, 5.74) is 0. The van der Waals surface area contributed by atoms with Gasteiger partial charge in [-0.2, -0.15) is 0 Å². The maximum absolute atomic E-state index is 13.1. The van der Waals surface area contributed by atoms with Crippen molar-refractivity contribution in [1.29, 1.82) is 0 Å². The number of ether oxygens (including phenoxy) is 2. The lowest BCUT2D eigenvalue weighted by Gasteiger charge is -2.44. The average Bonchev–Trinajstić information content (AvgIpc) is 3.23. The van der Waals surface area contributed by atoms with Gasteiger partial charge in [0.2, 0.25) is 0 Å². The van der Waals surface area contributed by atoms with E-state index in [2.05, 4.69) is 35.0 Å². The summed E-state index contributed by atoms with van der Waals surface area (Å²) in [5, 5.41) is 31.9. The Labute approximate surface area is 386 Å². The first-order valence-electron chi connectivity index (χ1n) is 24.0. The van der Waals surface area contributed by atoms with Crippen LogP contribution in [0.4, 0.5) is 0 Å². The minimum atomic E-state index is -5.60. The smallest absolute Gasteiger partial charge is 0.462 e. The third-order valence-corrected chi connectivity index (χ3v) is 13.1. The van der Waals surface area contributed by atoms with Crippen LogP contribution in [0, 0.1) is 0 Å². The Kier molecular flexibility index (Phi) is 34.2. The standard InChI is InChI=1S/C43H83O19P3/c1-3-5-7-9-11-13-15-17-18-20-21-23-25-27-29-31-36(44)57-33-35(59-37(45)32-30-28-26-24-22-19-16-14-12-10-8-6-4-2)34-58-65(55,56)62-41-38(46)39(47)42(60-63(49,50)51)43(40(41)48)61-64(52,53)54/h13,15,35,38-43,46-48H,3-12,14,16-34H2,1-2H3,(H,55,56)(H2,49,50,51)(H2,52,53,54)/b15-13-/t35-,38?,39?,40?,41+,42?,43+/m1/s1. The van der Waals surface area contributed by atoms with Crippen LogP contribution >= 0.6 is 23.5 Å². The number of carbonyl (C=O) groups excluding carboxylic acids is 2. The van der Waals surface area contributed by atoms with E-state index in [1.807, 2.05) is 0 Å². The highest BCUT2D eigenvalue weighted by Crippen LogP contribution is 2.51. The Hall–Kier alpha value is -1.11. The lowest BCUT2D eigenvalue weighted by molar-refractivity contribution is -0.213. The Morgan fingerprint density at radius 3 is 1.29 bits per heavy atom. The summed E-state index contributed by atoms with van der Waals surface area (Å²) in [6, 6.07) is 0. The van der Waals surface area contributed by atoms with Crippen molar-refractivity contribution in [2.45, 2.75) is 236 Å². The van der Waals surface area contributed by atoms with E-state index in [4.69, 9.17) is 18.5 Å². The predicted octanol–water partition coefficient (Wildman–Crippen LogP) is 8.51. The highest BCUT2D eigenvalue weighted by molar-refractivity contribution is 7.47. The summed E-state index contributed by atoms with van der Waals surface area (Å²) < 4.78 is 65.4. The van der Waals surface area contributed by atoms with Crippen LogP contribution in [0.3, 0.4) is 0 Å². The third kappa shape index (κ3) is 32.4. The molecule has 1 fully saturated rings. The molecule has 0 amide bonds. The van der Waals surface area contributed by atoms with E-state index in [0.29, 0.717) is 12.8 Å². The summed E-state index contributed by atoms with van der Waals surface area (Å²) in [6.07, 6.45) is 16.6. The number of aliphatic hydroxyl groups is 3. The Balaban J connectivity index is 2.73. The van der Waals surface area contributed by atoms with Crippen LogP contribution < -0.4 is 0 Å². The molecule has 0 aromatic rings. The van der Waals surface area contributed by atoms with Crippen LogP contribution in [-0.4, -0.2) is 108 Å². The quantitative estimate of drug-likeness (QED) is 0.0123. The molecule has 0 spiro atoms. The molecule has 384 valence electrons. The number of aliphatic hydroxyl groups excluding tert-OH is 3. The molecule has 0 saturated heterocycles. The fourth-order valence-electron chi connectivity index (χ4n) is 7.46. The second-order valence-electron chi connectivity index (χ2n) is 17.0. The van der Waals surface area contributed by atoms with Crippen LogP contribution in [0.15, 0.2) is 12.2 Å². The van der Waals surface area contributed by atoms with Crippen molar-refractivity contribution in [3.8, 4) is 0 Å². The van der Waals surface area contributed by atoms with E-state index in [0.717, 1.165) is 77.0 Å². The number of allylic oxidation sites excluding steroid dienone is 2. The van der Waals surface area contributed by atoms with Crippen LogP contribution in [0.1, 0.15) is 194 Å². The number of carbonyl (C=O) groups is 2. The molecular formula is C43H83O19P3. The molecule has 0 aromatic carbocycles. The lowest BCUT2D eigenvalue weighted by atomic mass is 9.85. The van der Waals surface area contributed by atoms with Gasteiger partial charge in [-0.25, -0.2) is 13.7 Å². The molecule has 65 heavy (non-hydrogen) atoms. The van der Waals surface area contributed by atoms with Gasteiger partial charge in [0.05, 0.1) is 6.61 Å². The van der Waals surface area contributed by atoms with Gasteiger partial charge in [-0.15, -0.1) is 0 Å². The van der Waals surface area contributed by atoms with E-state index < -0.39 is 91.3 Å². The first kappa shape index (κ1) is 61.9. The lowest BCUT2D eigenvalue weighted by Crippen LogP contribution is -2.65. The van der Waals surface area contributed by atoms with Gasteiger partial charge in [0.15, 0.2) is 6.10 Å². The van der Waals surface area contributed by atoms with E-state index in [9.17, 15) is 63.1 Å². The minimum absolute atomic E-state index is 0.00245. The molecule has 8 atom stereocenters. The van der Waals surface area contributed by atoms with E-state index in [-0.39, 0.29) is 12.8 Å². The Morgan fingerprint density at radius 1 is 0.477 bits per heavy atom. The van der Waals surface area contributed by atoms with Crippen LogP contribution in [0.25, 0.3) is 0 Å². The zero-order chi connectivity index (χ0) is 48.6. The van der Waals surface area contributed by atoms with Crippen molar-refractivity contribution in [2.24, 2.45) is 0 Å². The first-order chi connectivity index (χ1) is 30.8. The first-order valence-corrected chi connectivity index (χ1v) is 28.5. The molecule has 1 aliphatic rings. The molecule has 8 N–H and O–H groups in total. The zero-order valence-electron chi connectivity index (χ0n) is 38.8. The van der Waals surface area contributed by atoms with Crippen molar-refractivity contribution >= 4 is 35.4 Å². The number of unbranched alkanes of at least 4 members (excludes halogenated alkanes) is 23. The zero-order valence-corrected chi connectivity index (χ0v) is 41.5. The maximum atomic E-state index is 13.1. The fourth-order valence-corrected chi connectivity index (χ4v) is 9.56. The monoisotopic (exact) mass is 996 g/mol. The molecular weight excluding hydrogens is 913 g/mol. The van der Waals surface area contributed by atoms with Crippen LogP contribution in [-0.2, 0) is 50.9 Å². The highest BCUT2D eigenvalue weighted by atomic mass is 31.2. The summed E-state index contributed by atoms with van der Waals surface area (Å²) in [7, 11) is -16.6. The minimum Gasteiger partial charge on any atom is -0.462 e. The maximum Gasteiger partial charge on any atom is 0.472 e. The summed E-state index contributed by atoms with van der Waals surface area (Å²) in [4.78, 5) is 73.1. The molecule has 5 unspecified atom stereocenters. The summed E-state index contributed by atoms with van der Waals surface area (Å²) in [5.74, 6) is -1.29. The second-order valence-corrected chi connectivity index (χ2v) is 20.8. The number of hydrogen-bond donors (Lipinski definition) is 8. The fraction of sp³-hybridized carbons (Fsp3) is 0.907. The van der Waals surface area contributed by atoms with Gasteiger partial charge < -0.3 is 49.3 Å². The van der Waals surface area contributed by atoms with Gasteiger partial charge in [0, 0.05) is 12.8 Å². The van der Waals surface area contributed by atoms with Crippen molar-refractivity contribution in [1.82, 2.24) is 0 Å². The van der Waals surface area contributed by atoms with E-state index in [1.54, 1.807) is 0 Å². The molecule has 0 bridgehead atoms. The van der Waals surface area contributed by atoms with Gasteiger partial charge in [0.1, 0.15) is 43.2 Å². The molecule has 0 aliphatic heterocycles. The molecule has 1 saturated carbocycles. The van der Waals surface area contributed by atoms with Gasteiger partial charge in [0.25, 0.3) is 0 Å². The highest BCUT2D eigenvalue weighted by Gasteiger charge is 2.56. The van der Waals surface area contributed by atoms with Crippen molar-refractivity contribution in [3.63, 3.8) is 0 Å². The van der Waals surface area contributed by atoms with E-state index >= 15 is 0 Å². The van der Waals surface area contributed by atoms with Crippen LogP contribution in [0.2, 0.25) is 0 Å². The summed E-state index contributed by atoms with van der Waals surface area (Å²) >= 11 is 0. The molecule has 0 radical (unpaired) electrons. The SMILES string of the molecule is CCCCCC/C=C\CCCCCCCCCC(=O)OC[C@H](COP(=O)(O)O[C@H]1C(O)C(O)C(OP(=O)(O)O)[C@@H](OP(=O)(O)O)C1O)OC(=O)CCCCCCCCCCCCCCC. The van der Waals surface area contributed by atoms with Gasteiger partial charge >= 0.3 is 35.4 Å². The molecule has 1 rings (SSSR count). The average molecular weight is 997 g/mol. The predicted molar refractivity (Wildman–Crippen MR) is 243 cm³/mol. The Morgan fingerprint density at radius 2 is 0.846 bits per heavy atom. The molecule has 19 nitrogen and oxygen atoms in total. The number of phosphoric acid groups is 3. The van der Waals surface area contributed by atoms with Crippen molar-refractivity contribution in [2.75, 3.05) is 13.2 Å². The number of phosphoric ester groups is 3.